The van der Waals surface area contributed by atoms with Gasteiger partial charge in [0.2, 0.25) is 0 Å². The number of hydrogen-bond donors (Lipinski definition) is 1. The molecule has 108 valence electrons. The summed E-state index contributed by atoms with van der Waals surface area (Å²) in [5.74, 6) is -0.364. The maximum absolute atomic E-state index is 12.1. The topological polar surface area (TPSA) is 85.1 Å². The number of amides is 1. The molecule has 2 rings (SSSR count). The molecule has 0 saturated heterocycles. The van der Waals surface area contributed by atoms with Gasteiger partial charge in [-0.15, -0.1) is 0 Å². The Morgan fingerprint density at radius 1 is 1.29 bits per heavy atom. The number of rotatable bonds is 3. The number of carbonyl (C=O) groups is 1. The van der Waals surface area contributed by atoms with E-state index in [1.807, 2.05) is 0 Å². The van der Waals surface area contributed by atoms with Crippen LogP contribution in [-0.2, 0) is 0 Å². The molecule has 0 unspecified atom stereocenters. The second-order valence-corrected chi connectivity index (χ2v) is 4.90. The molecule has 0 aliphatic heterocycles. The first-order chi connectivity index (χ1) is 9.88. The smallest absolute Gasteiger partial charge is 0.272 e. The van der Waals surface area contributed by atoms with E-state index in [0.717, 1.165) is 5.56 Å². The van der Waals surface area contributed by atoms with Crippen LogP contribution in [-0.4, -0.2) is 15.8 Å². The zero-order valence-corrected chi connectivity index (χ0v) is 12.1. The van der Waals surface area contributed by atoms with Crippen molar-refractivity contribution in [1.29, 1.82) is 0 Å². The number of halogens is 1. The van der Waals surface area contributed by atoms with Crippen molar-refractivity contribution in [3.63, 3.8) is 0 Å². The normalized spacial score (nSPS) is 10.2. The van der Waals surface area contributed by atoms with Crippen LogP contribution in [0.3, 0.4) is 0 Å². The molecule has 1 heterocycles. The number of carbonyl (C=O) groups excluding carboxylic acids is 1. The highest BCUT2D eigenvalue weighted by atomic mass is 35.5. The summed E-state index contributed by atoms with van der Waals surface area (Å²) in [6.45, 7) is 3.37. The maximum Gasteiger partial charge on any atom is 0.272 e. The molecule has 2 aromatic rings. The Bertz CT molecular complexity index is 731. The quantitative estimate of drug-likeness (QED) is 0.534. The molecule has 1 amide bonds. The molecule has 1 aromatic carbocycles. The number of hydrogen-bond acceptors (Lipinski definition) is 4. The zero-order valence-electron chi connectivity index (χ0n) is 11.4. The molecule has 7 heteroatoms. The van der Waals surface area contributed by atoms with Crippen LogP contribution < -0.4 is 5.32 Å². The highest BCUT2D eigenvalue weighted by Gasteiger charge is 2.14. The average molecular weight is 306 g/mol. The van der Waals surface area contributed by atoms with Crippen molar-refractivity contribution < 1.29 is 9.72 Å². The third kappa shape index (κ3) is 3.35. The summed E-state index contributed by atoms with van der Waals surface area (Å²) in [6.07, 6.45) is 1.45. The second-order valence-electron chi connectivity index (χ2n) is 4.54. The summed E-state index contributed by atoms with van der Waals surface area (Å²) in [4.78, 5) is 26.3. The van der Waals surface area contributed by atoms with Crippen LogP contribution >= 0.6 is 11.6 Å². The standard InChI is InChI=1S/C14H12ClN3O3/c1-8-5-10(3-4-12(8)18(20)21)14(19)17-11-6-9(2)13(15)16-7-11/h3-7H,1-2H3,(H,17,19). The molecular weight excluding hydrogens is 294 g/mol. The predicted octanol–water partition coefficient (Wildman–Crippen LogP) is 3.51. The van der Waals surface area contributed by atoms with Crippen molar-refractivity contribution in [2.45, 2.75) is 13.8 Å². The zero-order chi connectivity index (χ0) is 15.6. The molecule has 1 N–H and O–H groups in total. The number of nitro benzene ring substituents is 1. The molecule has 0 radical (unpaired) electrons. The molecule has 0 aliphatic rings. The van der Waals surface area contributed by atoms with E-state index >= 15 is 0 Å². The molecule has 0 aliphatic carbocycles. The first-order valence-corrected chi connectivity index (χ1v) is 6.45. The highest BCUT2D eigenvalue weighted by Crippen LogP contribution is 2.20. The van der Waals surface area contributed by atoms with Gasteiger partial charge in [0.05, 0.1) is 16.8 Å². The lowest BCUT2D eigenvalue weighted by atomic mass is 10.1. The fourth-order valence-electron chi connectivity index (χ4n) is 1.83. The van der Waals surface area contributed by atoms with Crippen molar-refractivity contribution >= 4 is 28.9 Å². The lowest BCUT2D eigenvalue weighted by Gasteiger charge is -2.07. The first kappa shape index (κ1) is 14.9. The van der Waals surface area contributed by atoms with E-state index in [1.54, 1.807) is 19.9 Å². The summed E-state index contributed by atoms with van der Waals surface area (Å²) < 4.78 is 0. The van der Waals surface area contributed by atoms with Gasteiger partial charge in [-0.1, -0.05) is 11.6 Å². The van der Waals surface area contributed by atoms with Crippen LogP contribution in [0.25, 0.3) is 0 Å². The molecule has 0 spiro atoms. The Balaban J connectivity index is 2.22. The molecule has 0 atom stereocenters. The van der Waals surface area contributed by atoms with Gasteiger partial charge < -0.3 is 5.32 Å². The first-order valence-electron chi connectivity index (χ1n) is 6.07. The van der Waals surface area contributed by atoms with Crippen LogP contribution in [0.5, 0.6) is 0 Å². The summed E-state index contributed by atoms with van der Waals surface area (Å²) in [5, 5.41) is 13.8. The van der Waals surface area contributed by atoms with Gasteiger partial charge in [-0.3, -0.25) is 14.9 Å². The minimum Gasteiger partial charge on any atom is -0.321 e. The molecule has 0 bridgehead atoms. The van der Waals surface area contributed by atoms with E-state index in [-0.39, 0.29) is 11.6 Å². The van der Waals surface area contributed by atoms with Gasteiger partial charge in [-0.25, -0.2) is 4.98 Å². The van der Waals surface area contributed by atoms with Gasteiger partial charge in [0.1, 0.15) is 5.15 Å². The number of anilines is 1. The number of nitrogens with zero attached hydrogens (tertiary/aromatic N) is 2. The molecule has 0 saturated carbocycles. The van der Waals surface area contributed by atoms with Crippen LogP contribution in [0.2, 0.25) is 5.15 Å². The van der Waals surface area contributed by atoms with Gasteiger partial charge in [-0.05, 0) is 37.6 Å². The van der Waals surface area contributed by atoms with Gasteiger partial charge in [-0.2, -0.15) is 0 Å². The summed E-state index contributed by atoms with van der Waals surface area (Å²) in [7, 11) is 0. The third-order valence-electron chi connectivity index (χ3n) is 2.93. The predicted molar refractivity (Wildman–Crippen MR) is 79.8 cm³/mol. The number of aryl methyl sites for hydroxylation is 2. The fraction of sp³-hybridized carbons (Fsp3) is 0.143. The van der Waals surface area contributed by atoms with Crippen molar-refractivity contribution in [3.8, 4) is 0 Å². The van der Waals surface area contributed by atoms with Crippen molar-refractivity contribution in [2.75, 3.05) is 5.32 Å². The lowest BCUT2D eigenvalue weighted by Crippen LogP contribution is -2.12. The summed E-state index contributed by atoms with van der Waals surface area (Å²) in [5.41, 5.74) is 2.01. The van der Waals surface area contributed by atoms with E-state index in [2.05, 4.69) is 10.3 Å². The van der Waals surface area contributed by atoms with Crippen molar-refractivity contribution in [2.24, 2.45) is 0 Å². The maximum atomic E-state index is 12.1. The minimum absolute atomic E-state index is 0.0180. The highest BCUT2D eigenvalue weighted by molar-refractivity contribution is 6.30. The van der Waals surface area contributed by atoms with Crippen molar-refractivity contribution in [3.05, 3.63) is 62.4 Å². The average Bonchev–Trinajstić information content (AvgIpc) is 2.42. The monoisotopic (exact) mass is 305 g/mol. The number of benzene rings is 1. The van der Waals surface area contributed by atoms with E-state index < -0.39 is 4.92 Å². The fourth-order valence-corrected chi connectivity index (χ4v) is 1.93. The summed E-state index contributed by atoms with van der Waals surface area (Å²) >= 11 is 5.81. The molecule has 1 aromatic heterocycles. The van der Waals surface area contributed by atoms with E-state index in [1.165, 1.54) is 24.4 Å². The lowest BCUT2D eigenvalue weighted by molar-refractivity contribution is -0.385. The Morgan fingerprint density at radius 3 is 2.57 bits per heavy atom. The Labute approximate surface area is 125 Å². The molecule has 21 heavy (non-hydrogen) atoms. The van der Waals surface area contributed by atoms with E-state index in [4.69, 9.17) is 11.6 Å². The van der Waals surface area contributed by atoms with Crippen LogP contribution in [0.1, 0.15) is 21.5 Å². The van der Waals surface area contributed by atoms with Crippen LogP contribution in [0, 0.1) is 24.0 Å². The minimum atomic E-state index is -0.483. The molecule has 6 nitrogen and oxygen atoms in total. The number of nitro groups is 1. The van der Waals surface area contributed by atoms with Gasteiger partial charge in [0.25, 0.3) is 11.6 Å². The Hall–Kier alpha value is -2.47. The van der Waals surface area contributed by atoms with Crippen molar-refractivity contribution in [1.82, 2.24) is 4.98 Å². The largest absolute Gasteiger partial charge is 0.321 e. The van der Waals surface area contributed by atoms with Gasteiger partial charge in [0.15, 0.2) is 0 Å². The number of pyridine rings is 1. The Morgan fingerprint density at radius 2 is 2.00 bits per heavy atom. The number of nitrogens with one attached hydrogen (secondary N) is 1. The van der Waals surface area contributed by atoms with Gasteiger partial charge >= 0.3 is 0 Å². The van der Waals surface area contributed by atoms with E-state index in [9.17, 15) is 14.9 Å². The second kappa shape index (κ2) is 5.88. The van der Waals surface area contributed by atoms with Crippen LogP contribution in [0.4, 0.5) is 11.4 Å². The molecular formula is C14H12ClN3O3. The number of aromatic nitrogens is 1. The van der Waals surface area contributed by atoms with Gasteiger partial charge in [0, 0.05) is 17.2 Å². The SMILES string of the molecule is Cc1cc(C(=O)Nc2cnc(Cl)c(C)c2)ccc1[N+](=O)[O-]. The Kier molecular flexibility index (Phi) is 4.18. The van der Waals surface area contributed by atoms with E-state index in [0.29, 0.717) is 22.0 Å². The third-order valence-corrected chi connectivity index (χ3v) is 3.32. The van der Waals surface area contributed by atoms with Crippen LogP contribution in [0.15, 0.2) is 30.5 Å². The summed E-state index contributed by atoms with van der Waals surface area (Å²) in [6, 6.07) is 5.90. The molecule has 0 fully saturated rings.